The summed E-state index contributed by atoms with van der Waals surface area (Å²) in [5, 5.41) is 0. The van der Waals surface area contributed by atoms with Crippen molar-refractivity contribution >= 4 is 51.2 Å². The van der Waals surface area contributed by atoms with Gasteiger partial charge in [-0.3, -0.25) is 0 Å². The van der Waals surface area contributed by atoms with Crippen molar-refractivity contribution in [3.05, 3.63) is 245 Å². The SMILES string of the molecule is Cc1cc(-c2ccccc2)ccc1N1c2ccc(-c3ccccc3)cc2C2c3cc4c(cc3N(c3ccc5c(c3)C(C)(C)CC5(C)C)c3cc(N(c5ccccc5)c5ccccc5)cc1c32)C(C)(C)CC4(C)C. The average Bonchev–Trinajstić information content (AvgIpc) is 3.70. The van der Waals surface area contributed by atoms with E-state index in [1.807, 2.05) is 0 Å². The van der Waals surface area contributed by atoms with Crippen molar-refractivity contribution in [3.8, 4) is 22.3 Å². The van der Waals surface area contributed by atoms with Crippen LogP contribution in [0.1, 0.15) is 119 Å². The highest BCUT2D eigenvalue weighted by atomic mass is 15.2. The molecule has 0 fully saturated rings. The molecule has 9 aromatic carbocycles. The number of benzene rings is 9. The minimum Gasteiger partial charge on any atom is -0.310 e. The molecule has 0 aromatic heterocycles. The van der Waals surface area contributed by atoms with Gasteiger partial charge < -0.3 is 14.7 Å². The molecule has 4 aliphatic rings. The van der Waals surface area contributed by atoms with Gasteiger partial charge in [-0.05, 0) is 181 Å². The fraction of sp³-hybridized carbons (Fsp3) is 0.229. The molecule has 1 unspecified atom stereocenters. The smallest absolute Gasteiger partial charge is 0.0545 e. The van der Waals surface area contributed by atoms with Crippen molar-refractivity contribution < 1.29 is 0 Å². The molecule has 3 heteroatoms. The van der Waals surface area contributed by atoms with Gasteiger partial charge in [-0.1, -0.05) is 177 Å². The molecule has 13 rings (SSSR count). The lowest BCUT2D eigenvalue weighted by Gasteiger charge is -2.47. The van der Waals surface area contributed by atoms with Gasteiger partial charge in [0, 0.05) is 34.2 Å². The van der Waals surface area contributed by atoms with E-state index < -0.39 is 0 Å². The van der Waals surface area contributed by atoms with E-state index in [4.69, 9.17) is 0 Å². The first kappa shape index (κ1) is 45.3. The molecule has 0 radical (unpaired) electrons. The maximum absolute atomic E-state index is 2.68. The van der Waals surface area contributed by atoms with Gasteiger partial charge in [-0.2, -0.15) is 0 Å². The lowest BCUT2D eigenvalue weighted by atomic mass is 9.73. The summed E-state index contributed by atoms with van der Waals surface area (Å²) in [4.78, 5) is 7.75. The second kappa shape index (κ2) is 16.2. The highest BCUT2D eigenvalue weighted by Gasteiger charge is 2.48. The number of nitrogens with zero attached hydrogens (tertiary/aromatic N) is 3. The summed E-state index contributed by atoms with van der Waals surface area (Å²) in [6, 6.07) is 75.8. The molecule has 9 aromatic rings. The van der Waals surface area contributed by atoms with Crippen LogP contribution in [0.2, 0.25) is 0 Å². The van der Waals surface area contributed by atoms with Crippen LogP contribution < -0.4 is 14.7 Å². The van der Waals surface area contributed by atoms with E-state index in [-0.39, 0.29) is 27.6 Å². The van der Waals surface area contributed by atoms with Crippen LogP contribution in [0.4, 0.5) is 51.2 Å². The van der Waals surface area contributed by atoms with Gasteiger partial charge in [0.05, 0.1) is 28.4 Å². The maximum Gasteiger partial charge on any atom is 0.0545 e. The number of fused-ring (bicyclic) bond motifs is 6. The summed E-state index contributed by atoms with van der Waals surface area (Å²) in [6.07, 6.45) is 2.21. The van der Waals surface area contributed by atoms with Gasteiger partial charge in [0.15, 0.2) is 0 Å². The quantitative estimate of drug-likeness (QED) is 0.158. The van der Waals surface area contributed by atoms with Crippen molar-refractivity contribution in [1.82, 2.24) is 0 Å². The third-order valence-electron chi connectivity index (χ3n) is 17.1. The number of para-hydroxylation sites is 2. The molecule has 360 valence electrons. The van der Waals surface area contributed by atoms with Gasteiger partial charge >= 0.3 is 0 Å². The summed E-state index contributed by atoms with van der Waals surface area (Å²) >= 11 is 0. The molecule has 2 aliphatic heterocycles. The number of rotatable bonds is 7. The van der Waals surface area contributed by atoms with Crippen molar-refractivity contribution in [1.29, 1.82) is 0 Å². The zero-order chi connectivity index (χ0) is 50.2. The van der Waals surface area contributed by atoms with Gasteiger partial charge in [0.2, 0.25) is 0 Å². The van der Waals surface area contributed by atoms with Gasteiger partial charge in [0.1, 0.15) is 0 Å². The van der Waals surface area contributed by atoms with E-state index in [9.17, 15) is 0 Å². The molecule has 0 saturated carbocycles. The minimum atomic E-state index is -0.0550. The first-order valence-electron chi connectivity index (χ1n) is 26.5. The predicted octanol–water partition coefficient (Wildman–Crippen LogP) is 19.5. The molecular weight excluding hydrogens is 883 g/mol. The Morgan fingerprint density at radius 1 is 0.356 bits per heavy atom. The van der Waals surface area contributed by atoms with Crippen LogP contribution in [0.15, 0.2) is 200 Å². The minimum absolute atomic E-state index is 0.000618. The molecule has 0 amide bonds. The molecule has 0 bridgehead atoms. The molecular formula is C70H65N3. The highest BCUT2D eigenvalue weighted by Crippen LogP contribution is 2.65. The lowest BCUT2D eigenvalue weighted by Crippen LogP contribution is -2.31. The summed E-state index contributed by atoms with van der Waals surface area (Å²) in [5.41, 5.74) is 26.7. The Labute approximate surface area is 433 Å². The van der Waals surface area contributed by atoms with Crippen molar-refractivity contribution in [2.45, 2.75) is 103 Å². The fourth-order valence-corrected chi connectivity index (χ4v) is 14.4. The Balaban J connectivity index is 1.17. The fourth-order valence-electron chi connectivity index (χ4n) is 14.4. The topological polar surface area (TPSA) is 9.72 Å². The lowest BCUT2D eigenvalue weighted by molar-refractivity contribution is 0.402. The highest BCUT2D eigenvalue weighted by molar-refractivity contribution is 6.00. The van der Waals surface area contributed by atoms with Crippen molar-refractivity contribution in [2.75, 3.05) is 14.7 Å². The largest absolute Gasteiger partial charge is 0.310 e. The van der Waals surface area contributed by atoms with E-state index in [1.165, 1.54) is 101 Å². The van der Waals surface area contributed by atoms with Crippen LogP contribution in [0, 0.1) is 6.92 Å². The molecule has 73 heavy (non-hydrogen) atoms. The molecule has 0 saturated heterocycles. The second-order valence-electron chi connectivity index (χ2n) is 24.1. The molecule has 3 nitrogen and oxygen atoms in total. The molecule has 0 spiro atoms. The predicted molar refractivity (Wildman–Crippen MR) is 308 cm³/mol. The number of aryl methyl sites for hydroxylation is 1. The zero-order valence-electron chi connectivity index (χ0n) is 43.9. The summed E-state index contributed by atoms with van der Waals surface area (Å²) in [6.45, 7) is 21.9. The Morgan fingerprint density at radius 2 is 0.822 bits per heavy atom. The summed E-state index contributed by atoms with van der Waals surface area (Å²) < 4.78 is 0. The second-order valence-corrected chi connectivity index (χ2v) is 24.1. The maximum atomic E-state index is 2.68. The normalized spacial score (nSPS) is 17.8. The summed E-state index contributed by atoms with van der Waals surface area (Å²) in [5.74, 6) is -0.0550. The van der Waals surface area contributed by atoms with Crippen LogP contribution >= 0.6 is 0 Å². The number of anilines is 9. The third-order valence-corrected chi connectivity index (χ3v) is 17.1. The number of hydrogen-bond acceptors (Lipinski definition) is 3. The van der Waals surface area contributed by atoms with Crippen LogP contribution in [0.25, 0.3) is 22.3 Å². The Morgan fingerprint density at radius 3 is 1.38 bits per heavy atom. The van der Waals surface area contributed by atoms with Crippen LogP contribution in [-0.4, -0.2) is 0 Å². The monoisotopic (exact) mass is 948 g/mol. The molecule has 0 N–H and O–H groups in total. The Hall–Kier alpha value is -7.62. The third kappa shape index (κ3) is 7.14. The zero-order valence-corrected chi connectivity index (χ0v) is 43.9. The number of hydrogen-bond donors (Lipinski definition) is 0. The standard InChI is InChI=1S/C70H65N3/c1-45-36-48(46-22-14-10-15-23-46)30-34-60(45)73-61-35-31-49(47-24-16-11-17-25-47)37-54(61)65-55-41-58-59(70(8,9)44-69(58,6)7)42-62(55)72(52-32-33-56-57(38-52)68(4,5)43-67(56,2)3)63-39-53(40-64(73)66(63)65)71(50-26-18-12-19-27-50)51-28-20-13-21-29-51/h10-42,65H,43-44H2,1-9H3. The van der Waals surface area contributed by atoms with E-state index in [2.05, 4.69) is 277 Å². The molecule has 2 aliphatic carbocycles. The average molecular weight is 948 g/mol. The van der Waals surface area contributed by atoms with E-state index in [0.717, 1.165) is 29.9 Å². The Bertz CT molecular complexity index is 3600. The van der Waals surface area contributed by atoms with Crippen molar-refractivity contribution in [3.63, 3.8) is 0 Å². The van der Waals surface area contributed by atoms with E-state index in [1.54, 1.807) is 0 Å². The molecule has 1 atom stereocenters. The van der Waals surface area contributed by atoms with Crippen molar-refractivity contribution in [2.24, 2.45) is 0 Å². The van der Waals surface area contributed by atoms with Crippen LogP contribution in [-0.2, 0) is 21.7 Å². The first-order chi connectivity index (χ1) is 35.1. The van der Waals surface area contributed by atoms with Gasteiger partial charge in [0.25, 0.3) is 0 Å². The van der Waals surface area contributed by atoms with Crippen LogP contribution in [0.3, 0.4) is 0 Å². The molecule has 2 heterocycles. The summed E-state index contributed by atoms with van der Waals surface area (Å²) in [7, 11) is 0. The van der Waals surface area contributed by atoms with Gasteiger partial charge in [-0.15, -0.1) is 0 Å². The van der Waals surface area contributed by atoms with E-state index >= 15 is 0 Å². The van der Waals surface area contributed by atoms with Crippen LogP contribution in [0.5, 0.6) is 0 Å². The Kier molecular flexibility index (Phi) is 10.0. The first-order valence-corrected chi connectivity index (χ1v) is 26.5. The van der Waals surface area contributed by atoms with E-state index in [0.29, 0.717) is 0 Å². The van der Waals surface area contributed by atoms with Gasteiger partial charge in [-0.25, -0.2) is 0 Å².